The van der Waals surface area contributed by atoms with E-state index in [1.54, 1.807) is 29.8 Å². The molecule has 1 fully saturated rings. The normalized spacial score (nSPS) is 15.9. The van der Waals surface area contributed by atoms with E-state index in [-0.39, 0.29) is 5.91 Å². The molecule has 0 bridgehead atoms. The van der Waals surface area contributed by atoms with Crippen molar-refractivity contribution in [2.75, 3.05) is 36.8 Å². The lowest BCUT2D eigenvalue weighted by atomic mass is 10.1. The number of hydrogen-bond acceptors (Lipinski definition) is 6. The second kappa shape index (κ2) is 7.74. The Labute approximate surface area is 164 Å². The van der Waals surface area contributed by atoms with Crippen molar-refractivity contribution in [1.82, 2.24) is 14.9 Å². The first-order valence-corrected chi connectivity index (χ1v) is 11.1. The Morgan fingerprint density at radius 3 is 2.70 bits per heavy atom. The van der Waals surface area contributed by atoms with Crippen LogP contribution in [0.1, 0.15) is 17.3 Å². The molecule has 1 atom stereocenters. The third kappa shape index (κ3) is 3.46. The minimum absolute atomic E-state index is 0.0459. The van der Waals surface area contributed by atoms with Crippen molar-refractivity contribution in [2.24, 2.45) is 0 Å². The molecule has 1 aliphatic rings. The molecule has 1 saturated heterocycles. The molecule has 1 aliphatic heterocycles. The molecule has 1 amide bonds. The maximum absolute atomic E-state index is 13.0. The largest absolute Gasteiger partial charge is 0.352 e. The monoisotopic (exact) mass is 400 g/mol. The lowest BCUT2D eigenvalue weighted by molar-refractivity contribution is 0.0743. The lowest BCUT2D eigenvalue weighted by Crippen LogP contribution is -2.49. The number of nitrogens with zero attached hydrogens (tertiary/aromatic N) is 4. The van der Waals surface area contributed by atoms with E-state index in [4.69, 9.17) is 0 Å². The summed E-state index contributed by atoms with van der Waals surface area (Å²) in [4.78, 5) is 27.4. The van der Waals surface area contributed by atoms with Crippen LogP contribution in [0.3, 0.4) is 0 Å². The average Bonchev–Trinajstić information content (AvgIpc) is 3.22. The number of thiophene rings is 1. The number of aromatic nitrogens is 2. The van der Waals surface area contributed by atoms with Gasteiger partial charge < -0.3 is 9.80 Å². The number of carbonyl (C=O) groups excluding carboxylic acids is 1. The predicted octanol–water partition coefficient (Wildman–Crippen LogP) is 2.78. The number of amides is 1. The Bertz CT molecular complexity index is 996. The summed E-state index contributed by atoms with van der Waals surface area (Å²) >= 11 is 1.60. The molecule has 0 N–H and O–H groups in total. The van der Waals surface area contributed by atoms with Gasteiger partial charge in [-0.25, -0.2) is 9.97 Å². The highest BCUT2D eigenvalue weighted by Gasteiger charge is 2.26. The molecule has 0 saturated carbocycles. The maximum Gasteiger partial charge on any atom is 0.255 e. The van der Waals surface area contributed by atoms with E-state index in [0.717, 1.165) is 16.0 Å². The summed E-state index contributed by atoms with van der Waals surface area (Å²) in [6, 6.07) is 9.27. The van der Waals surface area contributed by atoms with Gasteiger partial charge in [0.1, 0.15) is 17.0 Å². The summed E-state index contributed by atoms with van der Waals surface area (Å²) in [7, 11) is -1.15. The molecule has 4 rings (SSSR count). The van der Waals surface area contributed by atoms with Crippen LogP contribution < -0.4 is 4.90 Å². The lowest BCUT2D eigenvalue weighted by Gasteiger charge is -2.35. The molecule has 3 aromatic rings. The average molecular weight is 401 g/mol. The van der Waals surface area contributed by atoms with E-state index in [9.17, 15) is 9.00 Å². The highest BCUT2D eigenvalue weighted by Crippen LogP contribution is 2.27. The number of carbonyl (C=O) groups is 1. The number of benzene rings is 1. The van der Waals surface area contributed by atoms with Gasteiger partial charge in [-0.1, -0.05) is 19.1 Å². The zero-order valence-corrected chi connectivity index (χ0v) is 16.6. The van der Waals surface area contributed by atoms with Crippen LogP contribution in [0.5, 0.6) is 0 Å². The maximum atomic E-state index is 13.0. The molecule has 1 aromatic carbocycles. The quantitative estimate of drug-likeness (QED) is 0.674. The standard InChI is InChI=1S/C19H20N4O2S2/c1-2-27(25)16-6-4-3-5-14(16)19(24)23-10-8-22(9-11-23)17-15-7-12-26-18(15)21-13-20-17/h3-7,12-13H,2,8-11H2,1H3. The Morgan fingerprint density at radius 1 is 1.15 bits per heavy atom. The molecule has 6 nitrogen and oxygen atoms in total. The van der Waals surface area contributed by atoms with Gasteiger partial charge in [-0.05, 0) is 23.6 Å². The summed E-state index contributed by atoms with van der Waals surface area (Å²) in [5.74, 6) is 1.39. The zero-order valence-electron chi connectivity index (χ0n) is 15.0. The van der Waals surface area contributed by atoms with Gasteiger partial charge in [-0.3, -0.25) is 9.00 Å². The summed E-state index contributed by atoms with van der Waals surface area (Å²) in [5.41, 5.74) is 0.549. The molecular formula is C19H20N4O2S2. The van der Waals surface area contributed by atoms with Gasteiger partial charge in [0.15, 0.2) is 0 Å². The van der Waals surface area contributed by atoms with E-state index in [1.165, 1.54) is 0 Å². The molecule has 0 aliphatic carbocycles. The fourth-order valence-electron chi connectivity index (χ4n) is 3.32. The van der Waals surface area contributed by atoms with Gasteiger partial charge in [-0.2, -0.15) is 0 Å². The van der Waals surface area contributed by atoms with Crippen molar-refractivity contribution >= 4 is 44.1 Å². The van der Waals surface area contributed by atoms with Gasteiger partial charge in [0.2, 0.25) is 0 Å². The Hall–Kier alpha value is -2.32. The number of hydrogen-bond donors (Lipinski definition) is 0. The van der Waals surface area contributed by atoms with E-state index in [1.807, 2.05) is 35.4 Å². The molecule has 8 heteroatoms. The van der Waals surface area contributed by atoms with E-state index >= 15 is 0 Å². The zero-order chi connectivity index (χ0) is 18.8. The number of anilines is 1. The first kappa shape index (κ1) is 18.1. The number of piperazine rings is 1. The molecule has 27 heavy (non-hydrogen) atoms. The van der Waals surface area contributed by atoms with Crippen molar-refractivity contribution in [3.05, 3.63) is 47.6 Å². The van der Waals surface area contributed by atoms with E-state index < -0.39 is 10.8 Å². The Morgan fingerprint density at radius 2 is 1.93 bits per heavy atom. The van der Waals surface area contributed by atoms with Crippen LogP contribution >= 0.6 is 11.3 Å². The summed E-state index contributed by atoms with van der Waals surface area (Å²) < 4.78 is 12.3. The Kier molecular flexibility index (Phi) is 5.18. The smallest absolute Gasteiger partial charge is 0.255 e. The third-order valence-corrected chi connectivity index (χ3v) is 6.92. The van der Waals surface area contributed by atoms with Crippen LogP contribution in [0.4, 0.5) is 5.82 Å². The van der Waals surface area contributed by atoms with Crippen molar-refractivity contribution in [2.45, 2.75) is 11.8 Å². The van der Waals surface area contributed by atoms with Crippen LogP contribution in [0.25, 0.3) is 10.2 Å². The minimum atomic E-state index is -1.15. The highest BCUT2D eigenvalue weighted by atomic mass is 32.2. The predicted molar refractivity (Wildman–Crippen MR) is 109 cm³/mol. The third-order valence-electron chi connectivity index (χ3n) is 4.73. The summed E-state index contributed by atoms with van der Waals surface area (Å²) in [6.07, 6.45) is 1.60. The second-order valence-electron chi connectivity index (χ2n) is 6.25. The second-order valence-corrected chi connectivity index (χ2v) is 8.85. The van der Waals surface area contributed by atoms with Crippen LogP contribution in [-0.4, -0.2) is 56.9 Å². The van der Waals surface area contributed by atoms with Gasteiger partial charge in [-0.15, -0.1) is 11.3 Å². The van der Waals surface area contributed by atoms with Crippen LogP contribution in [-0.2, 0) is 10.8 Å². The molecule has 0 radical (unpaired) electrons. The molecule has 140 valence electrons. The van der Waals surface area contributed by atoms with E-state index in [0.29, 0.717) is 42.4 Å². The topological polar surface area (TPSA) is 66.4 Å². The molecule has 1 unspecified atom stereocenters. The summed E-state index contributed by atoms with van der Waals surface area (Å²) in [5, 5.41) is 3.08. The van der Waals surface area contributed by atoms with Crippen molar-refractivity contribution in [3.8, 4) is 0 Å². The van der Waals surface area contributed by atoms with Crippen molar-refractivity contribution in [1.29, 1.82) is 0 Å². The number of rotatable bonds is 4. The molecule has 3 heterocycles. The Balaban J connectivity index is 1.51. The summed E-state index contributed by atoms with van der Waals surface area (Å²) in [6.45, 7) is 4.52. The van der Waals surface area contributed by atoms with E-state index in [2.05, 4.69) is 14.9 Å². The first-order valence-electron chi connectivity index (χ1n) is 8.89. The van der Waals surface area contributed by atoms with Crippen molar-refractivity contribution < 1.29 is 9.00 Å². The highest BCUT2D eigenvalue weighted by molar-refractivity contribution is 7.85. The minimum Gasteiger partial charge on any atom is -0.352 e. The molecule has 2 aromatic heterocycles. The number of fused-ring (bicyclic) bond motifs is 1. The van der Waals surface area contributed by atoms with Crippen LogP contribution in [0, 0.1) is 0 Å². The van der Waals surface area contributed by atoms with Crippen molar-refractivity contribution in [3.63, 3.8) is 0 Å². The van der Waals surface area contributed by atoms with Gasteiger partial charge >= 0.3 is 0 Å². The fraction of sp³-hybridized carbons (Fsp3) is 0.316. The molecule has 0 spiro atoms. The fourth-order valence-corrected chi connectivity index (χ4v) is 4.99. The molecular weight excluding hydrogens is 380 g/mol. The van der Waals surface area contributed by atoms with Crippen LogP contribution in [0.15, 0.2) is 46.9 Å². The first-order chi connectivity index (χ1) is 13.2. The van der Waals surface area contributed by atoms with Gasteiger partial charge in [0.25, 0.3) is 5.91 Å². The SMILES string of the molecule is CCS(=O)c1ccccc1C(=O)N1CCN(c2ncnc3sccc23)CC1. The van der Waals surface area contributed by atoms with Crippen LogP contribution in [0.2, 0.25) is 0 Å². The van der Waals surface area contributed by atoms with Gasteiger partial charge in [0, 0.05) is 31.9 Å². The van der Waals surface area contributed by atoms with Gasteiger partial charge in [0.05, 0.1) is 26.6 Å².